The lowest BCUT2D eigenvalue weighted by molar-refractivity contribution is -0.167. The van der Waals surface area contributed by atoms with Gasteiger partial charge in [-0.2, -0.15) is 0 Å². The van der Waals surface area contributed by atoms with E-state index in [0.29, 0.717) is 19.3 Å². The second-order valence-electron chi connectivity index (χ2n) is 20.5. The molecule has 80 heavy (non-hydrogen) atoms. The van der Waals surface area contributed by atoms with Crippen LogP contribution in [0.3, 0.4) is 0 Å². The van der Waals surface area contributed by atoms with Crippen molar-refractivity contribution in [2.45, 2.75) is 264 Å². The molecule has 0 saturated heterocycles. The molecule has 0 spiro atoms. The molecule has 0 heterocycles. The van der Waals surface area contributed by atoms with Gasteiger partial charge in [-0.3, -0.25) is 14.4 Å². The summed E-state index contributed by atoms with van der Waals surface area (Å²) in [5.41, 5.74) is 0. The summed E-state index contributed by atoms with van der Waals surface area (Å²) in [5.74, 6) is -0.965. The Kier molecular flexibility index (Phi) is 61.9. The first-order valence-corrected chi connectivity index (χ1v) is 32.1. The first kappa shape index (κ1) is 74.8. The number of unbranched alkanes of at least 4 members (excludes halogenated alkanes) is 17. The molecule has 0 N–H and O–H groups in total. The number of hydrogen-bond donors (Lipinski definition) is 0. The van der Waals surface area contributed by atoms with Gasteiger partial charge in [0.15, 0.2) is 6.10 Å². The average Bonchev–Trinajstić information content (AvgIpc) is 3.46. The molecule has 6 nitrogen and oxygen atoms in total. The maximum absolute atomic E-state index is 12.9. The van der Waals surface area contributed by atoms with Crippen molar-refractivity contribution >= 4 is 17.9 Å². The molecule has 6 heteroatoms. The van der Waals surface area contributed by atoms with Crippen LogP contribution in [0.2, 0.25) is 0 Å². The van der Waals surface area contributed by atoms with Crippen LogP contribution in [0.4, 0.5) is 0 Å². The van der Waals surface area contributed by atoms with Crippen LogP contribution in [0.1, 0.15) is 258 Å². The van der Waals surface area contributed by atoms with Crippen LogP contribution in [-0.2, 0) is 28.6 Å². The summed E-state index contributed by atoms with van der Waals surface area (Å²) in [5, 5.41) is 0. The minimum atomic E-state index is -0.813. The van der Waals surface area contributed by atoms with E-state index >= 15 is 0 Å². The normalized spacial score (nSPS) is 13.3. The van der Waals surface area contributed by atoms with Crippen LogP contribution in [0.25, 0.3) is 0 Å². The fourth-order valence-electron chi connectivity index (χ4n) is 8.17. The van der Waals surface area contributed by atoms with Gasteiger partial charge in [0.1, 0.15) is 13.2 Å². The summed E-state index contributed by atoms with van der Waals surface area (Å²) in [7, 11) is 0. The number of hydrogen-bond acceptors (Lipinski definition) is 6. The summed E-state index contributed by atoms with van der Waals surface area (Å²) in [6.45, 7) is 6.32. The number of rotatable bonds is 56. The van der Waals surface area contributed by atoms with Gasteiger partial charge in [-0.15, -0.1) is 0 Å². The molecule has 0 fully saturated rings. The Morgan fingerprint density at radius 2 is 0.487 bits per heavy atom. The Hall–Kier alpha value is -5.23. The number of esters is 3. The maximum Gasteiger partial charge on any atom is 0.306 e. The highest BCUT2D eigenvalue weighted by molar-refractivity contribution is 5.71. The summed E-state index contributed by atoms with van der Waals surface area (Å²) >= 11 is 0. The van der Waals surface area contributed by atoms with Gasteiger partial charge in [0.2, 0.25) is 0 Å². The van der Waals surface area contributed by atoms with Crippen LogP contribution >= 0.6 is 0 Å². The van der Waals surface area contributed by atoms with Gasteiger partial charge in [-0.05, 0) is 148 Å². The van der Waals surface area contributed by atoms with Crippen LogP contribution in [0, 0.1) is 0 Å². The highest BCUT2D eigenvalue weighted by Gasteiger charge is 2.19. The van der Waals surface area contributed by atoms with Crippen molar-refractivity contribution < 1.29 is 28.6 Å². The molecule has 1 atom stereocenters. The van der Waals surface area contributed by atoms with E-state index in [1.807, 2.05) is 0 Å². The Balaban J connectivity index is 4.46. The molecule has 0 aromatic rings. The predicted molar refractivity (Wildman–Crippen MR) is 348 cm³/mol. The highest BCUT2D eigenvalue weighted by atomic mass is 16.6. The van der Waals surface area contributed by atoms with E-state index in [1.165, 1.54) is 32.1 Å². The largest absolute Gasteiger partial charge is 0.462 e. The molecule has 0 aromatic heterocycles. The van der Waals surface area contributed by atoms with Gasteiger partial charge in [-0.1, -0.05) is 262 Å². The molecular weight excluding hydrogens is 985 g/mol. The van der Waals surface area contributed by atoms with Gasteiger partial charge in [-0.25, -0.2) is 0 Å². The lowest BCUT2D eigenvalue weighted by Gasteiger charge is -2.18. The SMILES string of the molecule is CC/C=C\C/C=C\C/C=C\C/C=C\C/C=C\C/C=C\C/C=C\C/C=C\CCCCCCC(=O)OCC(COC(=O)CCCCCCC/C=C\C/C=C\CCCC)OC(=O)CCCCCCCC/C=C\C/C=C\C/C=C\C/C=C\CC. The molecule has 0 saturated carbocycles. The third kappa shape index (κ3) is 63.6. The average molecular weight is 1100 g/mol. The van der Waals surface area contributed by atoms with Crippen molar-refractivity contribution in [2.24, 2.45) is 0 Å². The quantitative estimate of drug-likeness (QED) is 0.0261. The Morgan fingerprint density at radius 1 is 0.263 bits per heavy atom. The summed E-state index contributed by atoms with van der Waals surface area (Å²) < 4.78 is 16.9. The van der Waals surface area contributed by atoms with Gasteiger partial charge < -0.3 is 14.2 Å². The molecule has 0 bridgehead atoms. The highest BCUT2D eigenvalue weighted by Crippen LogP contribution is 2.14. The standard InChI is InChI=1S/C74H116O6/c1-4-7-10-13-16-19-22-25-28-30-32-33-34-35-36-37-38-39-40-41-43-44-46-49-52-55-58-61-64-67-73(76)79-70-71(69-78-72(75)66-63-60-57-54-51-48-27-24-21-18-15-12-9-6-3)80-74(77)68-65-62-59-56-53-50-47-45-42-31-29-26-23-20-17-14-11-8-5-2/h7-8,10-11,15-20,24-29,32-33,35-36,38-39,41-43,45-46,49,71H,4-6,9,12-14,21-23,30-31,34,37,40,44,47-48,50-70H2,1-3H3/b10-7-,11-8-,18-15-,19-16-,20-17-,27-24-,28-25-,29-26-,33-32-,36-35-,39-38-,43-41-,45-42-,49-46-. The molecular formula is C74H116O6. The molecule has 0 radical (unpaired) electrons. The second-order valence-corrected chi connectivity index (χ2v) is 20.5. The number of allylic oxidation sites excluding steroid dienone is 28. The van der Waals surface area contributed by atoms with Crippen molar-refractivity contribution in [3.63, 3.8) is 0 Å². The zero-order valence-corrected chi connectivity index (χ0v) is 51.3. The van der Waals surface area contributed by atoms with Crippen molar-refractivity contribution in [1.29, 1.82) is 0 Å². The molecule has 0 rings (SSSR count). The topological polar surface area (TPSA) is 78.9 Å². The lowest BCUT2D eigenvalue weighted by Crippen LogP contribution is -2.30. The number of ether oxygens (including phenoxy) is 3. The molecule has 1 unspecified atom stereocenters. The minimum Gasteiger partial charge on any atom is -0.462 e. The van der Waals surface area contributed by atoms with E-state index < -0.39 is 6.10 Å². The van der Waals surface area contributed by atoms with Crippen molar-refractivity contribution in [1.82, 2.24) is 0 Å². The van der Waals surface area contributed by atoms with Crippen LogP contribution < -0.4 is 0 Å². The van der Waals surface area contributed by atoms with Crippen LogP contribution in [-0.4, -0.2) is 37.2 Å². The third-order valence-electron chi connectivity index (χ3n) is 12.9. The van der Waals surface area contributed by atoms with Crippen molar-refractivity contribution in [2.75, 3.05) is 13.2 Å². The summed E-state index contributed by atoms with van der Waals surface area (Å²) in [6.07, 6.45) is 97.8. The van der Waals surface area contributed by atoms with E-state index in [-0.39, 0.29) is 31.1 Å². The third-order valence-corrected chi connectivity index (χ3v) is 12.9. The van der Waals surface area contributed by atoms with E-state index in [2.05, 4.69) is 191 Å². The fourth-order valence-corrected chi connectivity index (χ4v) is 8.17. The monoisotopic (exact) mass is 1100 g/mol. The van der Waals surface area contributed by atoms with Crippen LogP contribution in [0.15, 0.2) is 170 Å². The molecule has 0 amide bonds. The Bertz CT molecular complexity index is 1840. The fraction of sp³-hybridized carbons (Fsp3) is 0.581. The van der Waals surface area contributed by atoms with Gasteiger partial charge >= 0.3 is 17.9 Å². The van der Waals surface area contributed by atoms with E-state index in [9.17, 15) is 14.4 Å². The van der Waals surface area contributed by atoms with Crippen molar-refractivity contribution in [3.05, 3.63) is 170 Å². The minimum absolute atomic E-state index is 0.107. The second kappa shape index (κ2) is 66.3. The molecule has 0 aliphatic rings. The van der Waals surface area contributed by atoms with Crippen molar-refractivity contribution in [3.8, 4) is 0 Å². The van der Waals surface area contributed by atoms with E-state index in [0.717, 1.165) is 186 Å². The van der Waals surface area contributed by atoms with Crippen LogP contribution in [0.5, 0.6) is 0 Å². The molecule has 0 aromatic carbocycles. The number of carbonyl (C=O) groups is 3. The summed E-state index contributed by atoms with van der Waals surface area (Å²) in [4.78, 5) is 38.3. The van der Waals surface area contributed by atoms with E-state index in [1.54, 1.807) is 0 Å². The Morgan fingerprint density at radius 3 is 0.762 bits per heavy atom. The van der Waals surface area contributed by atoms with Gasteiger partial charge in [0, 0.05) is 19.3 Å². The maximum atomic E-state index is 12.9. The zero-order chi connectivity index (χ0) is 57.8. The summed E-state index contributed by atoms with van der Waals surface area (Å²) in [6, 6.07) is 0. The first-order valence-electron chi connectivity index (χ1n) is 32.1. The van der Waals surface area contributed by atoms with E-state index in [4.69, 9.17) is 14.2 Å². The number of carbonyl (C=O) groups excluding carboxylic acids is 3. The van der Waals surface area contributed by atoms with Gasteiger partial charge in [0.05, 0.1) is 0 Å². The molecule has 0 aliphatic carbocycles. The smallest absolute Gasteiger partial charge is 0.306 e. The zero-order valence-electron chi connectivity index (χ0n) is 51.3. The first-order chi connectivity index (χ1) is 39.5. The molecule has 0 aliphatic heterocycles. The lowest BCUT2D eigenvalue weighted by atomic mass is 10.1. The Labute approximate surface area is 492 Å². The predicted octanol–water partition coefficient (Wildman–Crippen LogP) is 22.3. The molecule has 448 valence electrons. The van der Waals surface area contributed by atoms with Gasteiger partial charge in [0.25, 0.3) is 0 Å².